The van der Waals surface area contributed by atoms with Crippen LogP contribution in [0.25, 0.3) is 6.08 Å². The predicted octanol–water partition coefficient (Wildman–Crippen LogP) is 5.88. The molecule has 0 saturated carbocycles. The number of rotatable bonds is 9. The Morgan fingerprint density at radius 1 is 1.05 bits per heavy atom. The Bertz CT molecular complexity index is 1390. The third kappa shape index (κ3) is 6.35. The minimum absolute atomic E-state index is 0.168. The second kappa shape index (κ2) is 12.1. The number of nitrogens with one attached hydrogen (secondary N) is 1. The van der Waals surface area contributed by atoms with Gasteiger partial charge in [-0.2, -0.15) is 0 Å². The number of carbonyl (C=O) groups is 2. The molecule has 0 bridgehead atoms. The monoisotopic (exact) mass is 547 g/mol. The summed E-state index contributed by atoms with van der Waals surface area (Å²) in [5.74, 6) is 0.481. The lowest BCUT2D eigenvalue weighted by atomic mass is 10.1. The zero-order valence-electron chi connectivity index (χ0n) is 21.7. The van der Waals surface area contributed by atoms with Crippen LogP contribution in [0.1, 0.15) is 18.1 Å². The minimum atomic E-state index is -0.270. The van der Waals surface area contributed by atoms with E-state index >= 15 is 0 Å². The molecule has 3 aromatic carbocycles. The van der Waals surface area contributed by atoms with Gasteiger partial charge in [-0.25, -0.2) is 0 Å². The Morgan fingerprint density at radius 2 is 1.79 bits per heavy atom. The fourth-order valence-electron chi connectivity index (χ4n) is 3.79. The van der Waals surface area contributed by atoms with Gasteiger partial charge in [-0.05, 0) is 73.5 Å². The summed E-state index contributed by atoms with van der Waals surface area (Å²) < 4.78 is 12.0. The molecule has 1 saturated heterocycles. The van der Waals surface area contributed by atoms with Gasteiger partial charge >= 0.3 is 0 Å². The summed E-state index contributed by atoms with van der Waals surface area (Å²) in [5, 5.41) is 2.85. The lowest BCUT2D eigenvalue weighted by Crippen LogP contribution is -2.27. The predicted molar refractivity (Wildman–Crippen MR) is 159 cm³/mol. The number of carbonyl (C=O) groups excluding carboxylic acids is 2. The first kappa shape index (κ1) is 27.2. The van der Waals surface area contributed by atoms with Crippen LogP contribution in [0.2, 0.25) is 0 Å². The van der Waals surface area contributed by atoms with Crippen molar-refractivity contribution in [3.63, 3.8) is 0 Å². The van der Waals surface area contributed by atoms with Crippen molar-refractivity contribution in [1.29, 1.82) is 0 Å². The molecular formula is C29H29N3O4S2. The molecule has 0 unspecified atom stereocenters. The standard InChI is InChI=1S/C29H29N3O4S2/c1-5-35-25-16-20(10-15-24(25)36-18-27(33)30-23-9-7-6-8-19(23)2)17-26-28(34)32(29(37)38-26)22-13-11-21(12-14-22)31(3)4/h6-17H,5,18H2,1-4H3,(H,30,33). The molecule has 3 aromatic rings. The summed E-state index contributed by atoms with van der Waals surface area (Å²) in [6.07, 6.45) is 1.78. The van der Waals surface area contributed by atoms with E-state index in [1.54, 1.807) is 23.1 Å². The second-order valence-corrected chi connectivity index (χ2v) is 10.4. The summed E-state index contributed by atoms with van der Waals surface area (Å²) in [6.45, 7) is 4.05. The molecule has 1 heterocycles. The first-order valence-electron chi connectivity index (χ1n) is 12.1. The number of nitrogens with zero attached hydrogens (tertiary/aromatic N) is 2. The van der Waals surface area contributed by atoms with Gasteiger partial charge in [0.2, 0.25) is 0 Å². The van der Waals surface area contributed by atoms with E-state index in [-0.39, 0.29) is 18.4 Å². The number of thioether (sulfide) groups is 1. The summed E-state index contributed by atoms with van der Waals surface area (Å²) in [6, 6.07) is 20.6. The van der Waals surface area contributed by atoms with Crippen LogP contribution in [0.15, 0.2) is 71.6 Å². The van der Waals surface area contributed by atoms with Crippen LogP contribution in [-0.4, -0.2) is 43.4 Å². The fourth-order valence-corrected chi connectivity index (χ4v) is 5.09. The lowest BCUT2D eigenvalue weighted by molar-refractivity contribution is -0.118. The quantitative estimate of drug-likeness (QED) is 0.265. The van der Waals surface area contributed by atoms with Crippen LogP contribution in [0.5, 0.6) is 11.5 Å². The van der Waals surface area contributed by atoms with Gasteiger partial charge in [0.15, 0.2) is 22.4 Å². The number of thiocarbonyl (C=S) groups is 1. The average Bonchev–Trinajstić information content (AvgIpc) is 3.17. The van der Waals surface area contributed by atoms with Crippen molar-refractivity contribution in [3.8, 4) is 11.5 Å². The third-order valence-electron chi connectivity index (χ3n) is 5.76. The number of amides is 2. The van der Waals surface area contributed by atoms with Crippen LogP contribution in [0, 0.1) is 6.92 Å². The summed E-state index contributed by atoms with van der Waals surface area (Å²) in [4.78, 5) is 29.7. The number of hydrogen-bond acceptors (Lipinski definition) is 7. The zero-order chi connectivity index (χ0) is 27.2. The van der Waals surface area contributed by atoms with E-state index in [4.69, 9.17) is 21.7 Å². The first-order chi connectivity index (χ1) is 18.3. The van der Waals surface area contributed by atoms with Crippen LogP contribution >= 0.6 is 24.0 Å². The SMILES string of the molecule is CCOc1cc(C=C2SC(=S)N(c3ccc(N(C)C)cc3)C2=O)ccc1OCC(=O)Nc1ccccc1C. The van der Waals surface area contributed by atoms with Gasteiger partial charge in [0.05, 0.1) is 17.2 Å². The van der Waals surface area contributed by atoms with Gasteiger partial charge in [0.1, 0.15) is 0 Å². The molecule has 0 spiro atoms. The smallest absolute Gasteiger partial charge is 0.270 e. The largest absolute Gasteiger partial charge is 0.490 e. The first-order valence-corrected chi connectivity index (χ1v) is 13.3. The number of benzene rings is 3. The molecule has 1 fully saturated rings. The number of hydrogen-bond donors (Lipinski definition) is 1. The van der Waals surface area contributed by atoms with Gasteiger partial charge in [-0.15, -0.1) is 0 Å². The van der Waals surface area contributed by atoms with Crippen LogP contribution in [0.4, 0.5) is 17.1 Å². The van der Waals surface area contributed by atoms with E-state index in [9.17, 15) is 9.59 Å². The molecule has 1 aliphatic rings. The molecule has 1 N–H and O–H groups in total. The van der Waals surface area contributed by atoms with E-state index in [1.807, 2.05) is 87.4 Å². The maximum atomic E-state index is 13.2. The molecule has 0 aliphatic carbocycles. The van der Waals surface area contributed by atoms with Crippen molar-refractivity contribution in [3.05, 3.63) is 82.8 Å². The topological polar surface area (TPSA) is 71.1 Å². The highest BCUT2D eigenvalue weighted by atomic mass is 32.2. The number of para-hydroxylation sites is 1. The van der Waals surface area contributed by atoms with Crippen molar-refractivity contribution in [2.45, 2.75) is 13.8 Å². The molecular weight excluding hydrogens is 518 g/mol. The van der Waals surface area contributed by atoms with E-state index in [2.05, 4.69) is 5.32 Å². The Balaban J connectivity index is 1.47. The molecule has 0 atom stereocenters. The number of ether oxygens (including phenoxy) is 2. The van der Waals surface area contributed by atoms with Crippen molar-refractivity contribution >= 4 is 63.3 Å². The molecule has 1 aliphatic heterocycles. The van der Waals surface area contributed by atoms with Crippen molar-refractivity contribution < 1.29 is 19.1 Å². The normalized spacial score (nSPS) is 14.1. The lowest BCUT2D eigenvalue weighted by Gasteiger charge is -2.17. The number of anilines is 3. The third-order valence-corrected chi connectivity index (χ3v) is 7.06. The molecule has 0 aromatic heterocycles. The Morgan fingerprint density at radius 3 is 2.47 bits per heavy atom. The summed E-state index contributed by atoms with van der Waals surface area (Å²) in [7, 11) is 3.93. The maximum absolute atomic E-state index is 13.2. The van der Waals surface area contributed by atoms with E-state index in [0.717, 1.165) is 28.2 Å². The van der Waals surface area contributed by atoms with Crippen LogP contribution in [-0.2, 0) is 9.59 Å². The van der Waals surface area contributed by atoms with Crippen molar-refractivity contribution in [2.75, 3.05) is 42.4 Å². The summed E-state index contributed by atoms with van der Waals surface area (Å²) >= 11 is 6.77. The minimum Gasteiger partial charge on any atom is -0.490 e. The number of aryl methyl sites for hydroxylation is 1. The van der Waals surface area contributed by atoms with Crippen LogP contribution in [0.3, 0.4) is 0 Å². The highest BCUT2D eigenvalue weighted by Crippen LogP contribution is 2.37. The molecule has 2 amide bonds. The van der Waals surface area contributed by atoms with E-state index in [0.29, 0.717) is 27.3 Å². The molecule has 4 rings (SSSR count). The maximum Gasteiger partial charge on any atom is 0.270 e. The Labute approximate surface area is 232 Å². The van der Waals surface area contributed by atoms with E-state index in [1.165, 1.54) is 11.8 Å². The van der Waals surface area contributed by atoms with Gasteiger partial charge in [0.25, 0.3) is 11.8 Å². The van der Waals surface area contributed by atoms with Gasteiger partial charge in [-0.3, -0.25) is 14.5 Å². The van der Waals surface area contributed by atoms with Crippen LogP contribution < -0.4 is 24.6 Å². The van der Waals surface area contributed by atoms with E-state index < -0.39 is 0 Å². The highest BCUT2D eigenvalue weighted by Gasteiger charge is 2.33. The van der Waals surface area contributed by atoms with Gasteiger partial charge < -0.3 is 19.7 Å². The fraction of sp³-hybridized carbons (Fsp3) is 0.207. The average molecular weight is 548 g/mol. The summed E-state index contributed by atoms with van der Waals surface area (Å²) in [5.41, 5.74) is 4.23. The zero-order valence-corrected chi connectivity index (χ0v) is 23.3. The van der Waals surface area contributed by atoms with Gasteiger partial charge in [0, 0.05) is 25.5 Å². The molecule has 7 nitrogen and oxygen atoms in total. The molecule has 38 heavy (non-hydrogen) atoms. The Kier molecular flexibility index (Phi) is 8.70. The molecule has 9 heteroatoms. The van der Waals surface area contributed by atoms with Crippen molar-refractivity contribution in [2.24, 2.45) is 0 Å². The highest BCUT2D eigenvalue weighted by molar-refractivity contribution is 8.27. The Hall–Kier alpha value is -3.82. The molecule has 0 radical (unpaired) electrons. The van der Waals surface area contributed by atoms with Gasteiger partial charge in [-0.1, -0.05) is 48.2 Å². The van der Waals surface area contributed by atoms with Crippen molar-refractivity contribution in [1.82, 2.24) is 0 Å². The molecule has 196 valence electrons. The second-order valence-electron chi connectivity index (χ2n) is 8.72.